The first-order valence-electron chi connectivity index (χ1n) is 8.72. The van der Waals surface area contributed by atoms with E-state index in [0.29, 0.717) is 30.3 Å². The summed E-state index contributed by atoms with van der Waals surface area (Å²) in [6, 6.07) is 1.37. The Balaban J connectivity index is 0.00000161. The van der Waals surface area contributed by atoms with E-state index in [1.54, 1.807) is 0 Å². The van der Waals surface area contributed by atoms with Crippen molar-refractivity contribution in [1.82, 2.24) is 4.90 Å². The standard InChI is InChI=1S/C17H30N2O.ClH/c1-12-5-7-14(8-6-12)19(15-9-10-15)17(20)11-13-3-2-4-16(13)18;/h12-16H,2-11,18H2,1H3;1H/t12?,13-,14?,16+;/m0./s1. The summed E-state index contributed by atoms with van der Waals surface area (Å²) in [4.78, 5) is 15.1. The highest BCUT2D eigenvalue weighted by atomic mass is 35.5. The Labute approximate surface area is 135 Å². The van der Waals surface area contributed by atoms with E-state index in [0.717, 1.165) is 18.8 Å². The highest BCUT2D eigenvalue weighted by Crippen LogP contribution is 2.37. The van der Waals surface area contributed by atoms with Crippen molar-refractivity contribution in [3.05, 3.63) is 0 Å². The van der Waals surface area contributed by atoms with Gasteiger partial charge in [-0.3, -0.25) is 4.79 Å². The van der Waals surface area contributed by atoms with E-state index in [2.05, 4.69) is 11.8 Å². The summed E-state index contributed by atoms with van der Waals surface area (Å²) in [7, 11) is 0. The van der Waals surface area contributed by atoms with Crippen LogP contribution in [-0.4, -0.2) is 28.9 Å². The summed E-state index contributed by atoms with van der Waals surface area (Å²) in [5.74, 6) is 1.71. The van der Waals surface area contributed by atoms with Crippen molar-refractivity contribution in [3.63, 3.8) is 0 Å². The molecule has 0 radical (unpaired) electrons. The van der Waals surface area contributed by atoms with Gasteiger partial charge in [0.25, 0.3) is 0 Å². The van der Waals surface area contributed by atoms with Crippen molar-refractivity contribution in [2.24, 2.45) is 17.6 Å². The summed E-state index contributed by atoms with van der Waals surface area (Å²) in [6.45, 7) is 2.34. The van der Waals surface area contributed by atoms with Gasteiger partial charge in [-0.2, -0.15) is 0 Å². The molecule has 0 aliphatic heterocycles. The molecule has 0 saturated heterocycles. The van der Waals surface area contributed by atoms with Gasteiger partial charge in [0.2, 0.25) is 5.91 Å². The molecule has 3 aliphatic rings. The summed E-state index contributed by atoms with van der Waals surface area (Å²) in [5, 5.41) is 0. The highest BCUT2D eigenvalue weighted by molar-refractivity contribution is 5.85. The fourth-order valence-corrected chi connectivity index (χ4v) is 4.23. The third kappa shape index (κ3) is 4.13. The summed E-state index contributed by atoms with van der Waals surface area (Å²) in [5.41, 5.74) is 6.15. The number of nitrogens with zero attached hydrogens (tertiary/aromatic N) is 1. The molecule has 0 aromatic heterocycles. The molecule has 0 aromatic rings. The number of amides is 1. The lowest BCUT2D eigenvalue weighted by Gasteiger charge is -2.37. The van der Waals surface area contributed by atoms with Crippen LogP contribution in [0, 0.1) is 11.8 Å². The van der Waals surface area contributed by atoms with Crippen molar-refractivity contribution in [3.8, 4) is 0 Å². The molecule has 0 heterocycles. The molecule has 1 amide bonds. The lowest BCUT2D eigenvalue weighted by Crippen LogP contribution is -2.45. The maximum absolute atomic E-state index is 12.8. The molecular formula is C17H31ClN2O. The topological polar surface area (TPSA) is 46.3 Å². The Bertz CT molecular complexity index is 351. The molecule has 3 saturated carbocycles. The second-order valence-corrected chi connectivity index (χ2v) is 7.50. The van der Waals surface area contributed by atoms with Crippen LogP contribution >= 0.6 is 12.4 Å². The molecule has 0 aromatic carbocycles. The molecule has 2 atom stereocenters. The fraction of sp³-hybridized carbons (Fsp3) is 0.941. The maximum atomic E-state index is 12.8. The minimum atomic E-state index is 0. The Morgan fingerprint density at radius 3 is 2.05 bits per heavy atom. The van der Waals surface area contributed by atoms with Gasteiger partial charge in [-0.25, -0.2) is 0 Å². The molecule has 0 spiro atoms. The predicted octanol–water partition coefficient (Wildman–Crippen LogP) is 3.50. The number of rotatable bonds is 4. The minimum Gasteiger partial charge on any atom is -0.337 e. The quantitative estimate of drug-likeness (QED) is 0.863. The number of carbonyl (C=O) groups excluding carboxylic acids is 1. The largest absolute Gasteiger partial charge is 0.337 e. The van der Waals surface area contributed by atoms with E-state index < -0.39 is 0 Å². The van der Waals surface area contributed by atoms with Crippen LogP contribution in [0.3, 0.4) is 0 Å². The van der Waals surface area contributed by atoms with Crippen LogP contribution in [0.1, 0.15) is 71.1 Å². The molecule has 3 aliphatic carbocycles. The first kappa shape index (κ1) is 17.1. The van der Waals surface area contributed by atoms with Crippen LogP contribution in [0.4, 0.5) is 0 Å². The van der Waals surface area contributed by atoms with Crippen molar-refractivity contribution in [2.45, 2.75) is 89.3 Å². The number of halogens is 1. The first-order valence-corrected chi connectivity index (χ1v) is 8.72. The van der Waals surface area contributed by atoms with Gasteiger partial charge in [0.05, 0.1) is 0 Å². The second kappa shape index (κ2) is 7.32. The van der Waals surface area contributed by atoms with E-state index >= 15 is 0 Å². The molecule has 21 heavy (non-hydrogen) atoms. The summed E-state index contributed by atoms with van der Waals surface area (Å²) >= 11 is 0. The van der Waals surface area contributed by atoms with Crippen LogP contribution in [-0.2, 0) is 4.79 Å². The Kier molecular flexibility index (Phi) is 5.96. The van der Waals surface area contributed by atoms with Gasteiger partial charge in [0.1, 0.15) is 0 Å². The van der Waals surface area contributed by atoms with Gasteiger partial charge >= 0.3 is 0 Å². The molecular weight excluding hydrogens is 284 g/mol. The summed E-state index contributed by atoms with van der Waals surface area (Å²) < 4.78 is 0. The Hall–Kier alpha value is -0.280. The third-order valence-electron chi connectivity index (χ3n) is 5.76. The first-order chi connectivity index (χ1) is 9.65. The van der Waals surface area contributed by atoms with Crippen LogP contribution in [0.25, 0.3) is 0 Å². The molecule has 3 nitrogen and oxygen atoms in total. The molecule has 4 heteroatoms. The lowest BCUT2D eigenvalue weighted by molar-refractivity contribution is -0.136. The number of carbonyl (C=O) groups is 1. The molecule has 122 valence electrons. The predicted molar refractivity (Wildman–Crippen MR) is 88.5 cm³/mol. The smallest absolute Gasteiger partial charge is 0.223 e. The SMILES string of the molecule is CC1CCC(N(C(=O)C[C@@H]2CCC[C@H]2N)C2CC2)CC1.Cl. The van der Waals surface area contributed by atoms with Gasteiger partial charge in [-0.1, -0.05) is 13.3 Å². The summed E-state index contributed by atoms with van der Waals surface area (Å²) in [6.07, 6.45) is 11.7. The Morgan fingerprint density at radius 2 is 1.57 bits per heavy atom. The molecule has 3 fully saturated rings. The van der Waals surface area contributed by atoms with Crippen molar-refractivity contribution in [1.29, 1.82) is 0 Å². The van der Waals surface area contributed by atoms with Crippen molar-refractivity contribution >= 4 is 18.3 Å². The average molecular weight is 315 g/mol. The number of hydrogen-bond donors (Lipinski definition) is 1. The van der Waals surface area contributed by atoms with Gasteiger partial charge < -0.3 is 10.6 Å². The van der Waals surface area contributed by atoms with Crippen LogP contribution in [0.2, 0.25) is 0 Å². The van der Waals surface area contributed by atoms with Gasteiger partial charge in [-0.05, 0) is 63.2 Å². The number of hydrogen-bond acceptors (Lipinski definition) is 2. The van der Waals surface area contributed by atoms with Gasteiger partial charge in [0, 0.05) is 24.5 Å². The van der Waals surface area contributed by atoms with Crippen LogP contribution in [0.5, 0.6) is 0 Å². The fourth-order valence-electron chi connectivity index (χ4n) is 4.23. The normalized spacial score (nSPS) is 36.1. The zero-order valence-corrected chi connectivity index (χ0v) is 14.1. The molecule has 3 rings (SSSR count). The van der Waals surface area contributed by atoms with E-state index in [1.807, 2.05) is 0 Å². The maximum Gasteiger partial charge on any atom is 0.223 e. The van der Waals surface area contributed by atoms with Crippen molar-refractivity contribution in [2.75, 3.05) is 0 Å². The number of nitrogens with two attached hydrogens (primary N) is 1. The average Bonchev–Trinajstić information content (AvgIpc) is 3.17. The zero-order valence-electron chi connectivity index (χ0n) is 13.3. The van der Waals surface area contributed by atoms with Crippen molar-refractivity contribution < 1.29 is 4.79 Å². The third-order valence-corrected chi connectivity index (χ3v) is 5.76. The molecule has 0 unspecified atom stereocenters. The van der Waals surface area contributed by atoms with E-state index in [9.17, 15) is 4.79 Å². The molecule has 0 bridgehead atoms. The highest BCUT2D eigenvalue weighted by Gasteiger charge is 2.39. The van der Waals surface area contributed by atoms with E-state index in [-0.39, 0.29) is 18.4 Å². The molecule has 2 N–H and O–H groups in total. The second-order valence-electron chi connectivity index (χ2n) is 7.50. The van der Waals surface area contributed by atoms with Crippen LogP contribution in [0.15, 0.2) is 0 Å². The minimum absolute atomic E-state index is 0. The zero-order chi connectivity index (χ0) is 14.1. The van der Waals surface area contributed by atoms with Gasteiger partial charge in [-0.15, -0.1) is 12.4 Å². The monoisotopic (exact) mass is 314 g/mol. The Morgan fingerprint density at radius 1 is 1.00 bits per heavy atom. The van der Waals surface area contributed by atoms with E-state index in [4.69, 9.17) is 5.73 Å². The van der Waals surface area contributed by atoms with Crippen LogP contribution < -0.4 is 5.73 Å². The van der Waals surface area contributed by atoms with Gasteiger partial charge in [0.15, 0.2) is 0 Å². The van der Waals surface area contributed by atoms with E-state index in [1.165, 1.54) is 44.9 Å². The lowest BCUT2D eigenvalue weighted by atomic mass is 9.86.